The molecular formula is C20H24ClNO2S. The van der Waals surface area contributed by atoms with Gasteiger partial charge in [-0.05, 0) is 55.7 Å². The van der Waals surface area contributed by atoms with Crippen molar-refractivity contribution in [2.75, 3.05) is 18.9 Å². The fourth-order valence-electron chi connectivity index (χ4n) is 2.39. The SMILES string of the molecule is CCOc1ccccc1CCCNC(=O)CCSc1ccc(Cl)cc1. The largest absolute Gasteiger partial charge is 0.494 e. The highest BCUT2D eigenvalue weighted by Crippen LogP contribution is 2.21. The summed E-state index contributed by atoms with van der Waals surface area (Å²) < 4.78 is 5.62. The van der Waals surface area contributed by atoms with E-state index in [-0.39, 0.29) is 5.91 Å². The molecule has 0 fully saturated rings. The third kappa shape index (κ3) is 7.41. The fraction of sp³-hybridized carbons (Fsp3) is 0.350. The van der Waals surface area contributed by atoms with Gasteiger partial charge in [0.1, 0.15) is 5.75 Å². The van der Waals surface area contributed by atoms with Gasteiger partial charge in [-0.25, -0.2) is 0 Å². The number of ether oxygens (including phenoxy) is 1. The van der Waals surface area contributed by atoms with E-state index in [4.69, 9.17) is 16.3 Å². The molecule has 0 radical (unpaired) electrons. The number of halogens is 1. The molecule has 0 aromatic heterocycles. The number of hydrogen-bond acceptors (Lipinski definition) is 3. The van der Waals surface area contributed by atoms with Crippen molar-refractivity contribution >= 4 is 29.3 Å². The van der Waals surface area contributed by atoms with Gasteiger partial charge < -0.3 is 10.1 Å². The molecule has 3 nitrogen and oxygen atoms in total. The Hall–Kier alpha value is -1.65. The molecule has 0 saturated heterocycles. The zero-order valence-corrected chi connectivity index (χ0v) is 16.0. The number of para-hydroxylation sites is 1. The molecule has 0 atom stereocenters. The highest BCUT2D eigenvalue weighted by atomic mass is 35.5. The molecule has 0 aliphatic rings. The van der Waals surface area contributed by atoms with E-state index in [1.54, 1.807) is 11.8 Å². The van der Waals surface area contributed by atoms with Crippen molar-refractivity contribution in [3.8, 4) is 5.75 Å². The zero-order chi connectivity index (χ0) is 17.9. The lowest BCUT2D eigenvalue weighted by atomic mass is 10.1. The average molecular weight is 378 g/mol. The molecule has 2 rings (SSSR count). The highest BCUT2D eigenvalue weighted by Gasteiger charge is 2.04. The lowest BCUT2D eigenvalue weighted by molar-refractivity contribution is -0.120. The van der Waals surface area contributed by atoms with Crippen molar-refractivity contribution < 1.29 is 9.53 Å². The van der Waals surface area contributed by atoms with Gasteiger partial charge in [0.2, 0.25) is 5.91 Å². The Labute approximate surface area is 159 Å². The number of hydrogen-bond donors (Lipinski definition) is 1. The van der Waals surface area contributed by atoms with Crippen molar-refractivity contribution in [1.82, 2.24) is 5.32 Å². The Bertz CT molecular complexity index is 661. The summed E-state index contributed by atoms with van der Waals surface area (Å²) in [5.74, 6) is 1.80. The van der Waals surface area contributed by atoms with Crippen LogP contribution in [-0.4, -0.2) is 24.8 Å². The van der Waals surface area contributed by atoms with Crippen molar-refractivity contribution in [2.24, 2.45) is 0 Å². The molecule has 0 aliphatic heterocycles. The van der Waals surface area contributed by atoms with Gasteiger partial charge in [-0.1, -0.05) is 29.8 Å². The molecular weight excluding hydrogens is 354 g/mol. The standard InChI is InChI=1S/C20H24ClNO2S/c1-2-24-19-8-4-3-6-16(19)7-5-14-22-20(23)13-15-25-18-11-9-17(21)10-12-18/h3-4,6,8-12H,2,5,7,13-15H2,1H3,(H,22,23). The molecule has 1 amide bonds. The quantitative estimate of drug-likeness (QED) is 0.469. The summed E-state index contributed by atoms with van der Waals surface area (Å²) in [5, 5.41) is 3.72. The minimum absolute atomic E-state index is 0.0968. The molecule has 0 saturated carbocycles. The van der Waals surface area contributed by atoms with Crippen LogP contribution in [0.4, 0.5) is 0 Å². The summed E-state index contributed by atoms with van der Waals surface area (Å²) in [5.41, 5.74) is 1.19. The van der Waals surface area contributed by atoms with Crippen molar-refractivity contribution in [1.29, 1.82) is 0 Å². The Balaban J connectivity index is 1.61. The van der Waals surface area contributed by atoms with E-state index in [2.05, 4.69) is 11.4 Å². The van der Waals surface area contributed by atoms with E-state index in [0.29, 0.717) is 19.6 Å². The number of amides is 1. The lowest BCUT2D eigenvalue weighted by Crippen LogP contribution is -2.25. The minimum atomic E-state index is 0.0968. The molecule has 134 valence electrons. The smallest absolute Gasteiger partial charge is 0.220 e. The van der Waals surface area contributed by atoms with Gasteiger partial charge in [0.15, 0.2) is 0 Å². The summed E-state index contributed by atoms with van der Waals surface area (Å²) in [6, 6.07) is 15.7. The first-order chi connectivity index (χ1) is 12.2. The summed E-state index contributed by atoms with van der Waals surface area (Å²) >= 11 is 7.52. The number of nitrogens with one attached hydrogen (secondary N) is 1. The van der Waals surface area contributed by atoms with Gasteiger partial charge in [0.25, 0.3) is 0 Å². The van der Waals surface area contributed by atoms with Gasteiger partial charge in [0.05, 0.1) is 6.61 Å². The summed E-state index contributed by atoms with van der Waals surface area (Å²) in [6.45, 7) is 3.34. The van der Waals surface area contributed by atoms with Gasteiger partial charge >= 0.3 is 0 Å². The first-order valence-corrected chi connectivity index (χ1v) is 9.91. The number of aryl methyl sites for hydroxylation is 1. The Morgan fingerprint density at radius 2 is 1.92 bits per heavy atom. The number of rotatable bonds is 10. The van der Waals surface area contributed by atoms with Crippen LogP contribution in [0.3, 0.4) is 0 Å². The van der Waals surface area contributed by atoms with E-state index < -0.39 is 0 Å². The topological polar surface area (TPSA) is 38.3 Å². The second-order valence-corrected chi connectivity index (χ2v) is 7.15. The number of benzene rings is 2. The molecule has 5 heteroatoms. The Kier molecular flexibility index (Phi) is 8.70. The lowest BCUT2D eigenvalue weighted by Gasteiger charge is -2.10. The van der Waals surface area contributed by atoms with Crippen LogP contribution < -0.4 is 10.1 Å². The predicted octanol–water partition coefficient (Wildman–Crippen LogP) is 4.97. The molecule has 25 heavy (non-hydrogen) atoms. The molecule has 2 aromatic carbocycles. The van der Waals surface area contributed by atoms with Crippen LogP contribution in [0.2, 0.25) is 5.02 Å². The predicted molar refractivity (Wildman–Crippen MR) is 106 cm³/mol. The van der Waals surface area contributed by atoms with E-state index in [9.17, 15) is 4.79 Å². The summed E-state index contributed by atoms with van der Waals surface area (Å²) in [6.07, 6.45) is 2.32. The van der Waals surface area contributed by atoms with Crippen LogP contribution in [0.5, 0.6) is 5.75 Å². The van der Waals surface area contributed by atoms with E-state index in [0.717, 1.165) is 34.3 Å². The van der Waals surface area contributed by atoms with Crippen LogP contribution in [0.15, 0.2) is 53.4 Å². The molecule has 1 N–H and O–H groups in total. The number of thioether (sulfide) groups is 1. The molecule has 0 unspecified atom stereocenters. The zero-order valence-electron chi connectivity index (χ0n) is 14.5. The molecule has 2 aromatic rings. The first kappa shape index (κ1) is 19.7. The maximum atomic E-state index is 11.9. The normalized spacial score (nSPS) is 10.5. The summed E-state index contributed by atoms with van der Waals surface area (Å²) in [7, 11) is 0. The van der Waals surface area contributed by atoms with E-state index in [1.807, 2.05) is 49.4 Å². The number of carbonyl (C=O) groups excluding carboxylic acids is 1. The van der Waals surface area contributed by atoms with Crippen molar-refractivity contribution in [2.45, 2.75) is 31.1 Å². The number of carbonyl (C=O) groups is 1. The summed E-state index contributed by atoms with van der Waals surface area (Å²) in [4.78, 5) is 13.0. The van der Waals surface area contributed by atoms with Gasteiger partial charge in [0, 0.05) is 28.6 Å². The first-order valence-electron chi connectivity index (χ1n) is 8.55. The Morgan fingerprint density at radius 1 is 1.16 bits per heavy atom. The Morgan fingerprint density at radius 3 is 2.68 bits per heavy atom. The van der Waals surface area contributed by atoms with Crippen LogP contribution in [0, 0.1) is 0 Å². The monoisotopic (exact) mass is 377 g/mol. The molecule has 0 bridgehead atoms. The van der Waals surface area contributed by atoms with Gasteiger partial charge in [-0.3, -0.25) is 4.79 Å². The third-order valence-corrected chi connectivity index (χ3v) is 4.89. The van der Waals surface area contributed by atoms with E-state index >= 15 is 0 Å². The average Bonchev–Trinajstić information content (AvgIpc) is 2.62. The van der Waals surface area contributed by atoms with Crippen molar-refractivity contribution in [3.63, 3.8) is 0 Å². The van der Waals surface area contributed by atoms with Crippen LogP contribution in [-0.2, 0) is 11.2 Å². The van der Waals surface area contributed by atoms with Crippen LogP contribution in [0.25, 0.3) is 0 Å². The molecule has 0 heterocycles. The minimum Gasteiger partial charge on any atom is -0.494 e. The van der Waals surface area contributed by atoms with E-state index in [1.165, 1.54) is 5.56 Å². The van der Waals surface area contributed by atoms with Crippen LogP contribution >= 0.6 is 23.4 Å². The fourth-order valence-corrected chi connectivity index (χ4v) is 3.37. The van der Waals surface area contributed by atoms with Crippen LogP contribution in [0.1, 0.15) is 25.3 Å². The van der Waals surface area contributed by atoms with Gasteiger partial charge in [-0.15, -0.1) is 11.8 Å². The second kappa shape index (κ2) is 11.1. The third-order valence-electron chi connectivity index (χ3n) is 3.63. The maximum absolute atomic E-state index is 11.9. The highest BCUT2D eigenvalue weighted by molar-refractivity contribution is 7.99. The molecule has 0 spiro atoms. The molecule has 0 aliphatic carbocycles. The van der Waals surface area contributed by atoms with Crippen molar-refractivity contribution in [3.05, 3.63) is 59.1 Å². The second-order valence-electron chi connectivity index (χ2n) is 5.55. The van der Waals surface area contributed by atoms with Gasteiger partial charge in [-0.2, -0.15) is 0 Å². The maximum Gasteiger partial charge on any atom is 0.220 e.